The SMILES string of the molecule is CSC[C@H](C)NC(=O)C[C@H]1CN(Cc2ccccc2)CCO1. The largest absolute Gasteiger partial charge is 0.375 e. The van der Waals surface area contributed by atoms with Gasteiger partial charge in [0.05, 0.1) is 19.1 Å². The lowest BCUT2D eigenvalue weighted by atomic mass is 10.1. The molecule has 1 aliphatic heterocycles. The summed E-state index contributed by atoms with van der Waals surface area (Å²) in [5.74, 6) is 1.03. The van der Waals surface area contributed by atoms with Crippen LogP contribution in [0, 0.1) is 0 Å². The van der Waals surface area contributed by atoms with Gasteiger partial charge in [-0.15, -0.1) is 0 Å². The Kier molecular flexibility index (Phi) is 7.22. The van der Waals surface area contributed by atoms with Crippen molar-refractivity contribution in [3.05, 3.63) is 35.9 Å². The molecule has 0 radical (unpaired) electrons. The van der Waals surface area contributed by atoms with Gasteiger partial charge in [0.1, 0.15) is 0 Å². The van der Waals surface area contributed by atoms with E-state index in [0.717, 1.165) is 25.4 Å². The number of hydrogen-bond donors (Lipinski definition) is 1. The minimum absolute atomic E-state index is 0.000980. The zero-order chi connectivity index (χ0) is 15.8. The van der Waals surface area contributed by atoms with Crippen LogP contribution in [0.15, 0.2) is 30.3 Å². The fourth-order valence-corrected chi connectivity index (χ4v) is 3.30. The minimum atomic E-state index is -0.000980. The zero-order valence-electron chi connectivity index (χ0n) is 13.5. The molecule has 1 N–H and O–H groups in total. The van der Waals surface area contributed by atoms with E-state index in [2.05, 4.69) is 34.5 Å². The van der Waals surface area contributed by atoms with Gasteiger partial charge in [0.2, 0.25) is 5.91 Å². The number of carbonyl (C=O) groups excluding carboxylic acids is 1. The third-order valence-electron chi connectivity index (χ3n) is 3.71. The Hall–Kier alpha value is -1.04. The van der Waals surface area contributed by atoms with E-state index in [1.54, 1.807) is 11.8 Å². The molecule has 0 saturated carbocycles. The van der Waals surface area contributed by atoms with E-state index >= 15 is 0 Å². The van der Waals surface area contributed by atoms with Gasteiger partial charge in [-0.3, -0.25) is 9.69 Å². The number of ether oxygens (including phenoxy) is 1. The summed E-state index contributed by atoms with van der Waals surface area (Å²) in [5.41, 5.74) is 1.31. The monoisotopic (exact) mass is 322 g/mol. The van der Waals surface area contributed by atoms with Gasteiger partial charge in [-0.1, -0.05) is 30.3 Å². The smallest absolute Gasteiger partial charge is 0.222 e. The highest BCUT2D eigenvalue weighted by Gasteiger charge is 2.23. The Morgan fingerprint density at radius 1 is 1.45 bits per heavy atom. The maximum absolute atomic E-state index is 12.0. The normalized spacial score (nSPS) is 20.5. The van der Waals surface area contributed by atoms with E-state index in [-0.39, 0.29) is 18.1 Å². The Bertz CT molecular complexity index is 455. The van der Waals surface area contributed by atoms with Gasteiger partial charge in [0, 0.05) is 31.4 Å². The number of thioether (sulfide) groups is 1. The number of morpholine rings is 1. The van der Waals surface area contributed by atoms with Gasteiger partial charge < -0.3 is 10.1 Å². The van der Waals surface area contributed by atoms with Crippen molar-refractivity contribution in [2.45, 2.75) is 32.0 Å². The van der Waals surface area contributed by atoms with Crippen LogP contribution in [0.4, 0.5) is 0 Å². The number of hydrogen-bond acceptors (Lipinski definition) is 4. The van der Waals surface area contributed by atoms with Crippen LogP contribution < -0.4 is 5.32 Å². The molecule has 0 spiro atoms. The number of rotatable bonds is 7. The lowest BCUT2D eigenvalue weighted by Gasteiger charge is -2.32. The highest BCUT2D eigenvalue weighted by Crippen LogP contribution is 2.12. The molecule has 1 heterocycles. The van der Waals surface area contributed by atoms with Crippen LogP contribution in [0.5, 0.6) is 0 Å². The van der Waals surface area contributed by atoms with Crippen molar-refractivity contribution in [1.29, 1.82) is 0 Å². The van der Waals surface area contributed by atoms with Gasteiger partial charge in [-0.25, -0.2) is 0 Å². The van der Waals surface area contributed by atoms with Crippen LogP contribution in [0.2, 0.25) is 0 Å². The van der Waals surface area contributed by atoms with Crippen molar-refractivity contribution in [3.63, 3.8) is 0 Å². The van der Waals surface area contributed by atoms with Crippen molar-refractivity contribution >= 4 is 17.7 Å². The fourth-order valence-electron chi connectivity index (χ4n) is 2.72. The van der Waals surface area contributed by atoms with Crippen molar-refractivity contribution in [3.8, 4) is 0 Å². The number of carbonyl (C=O) groups is 1. The van der Waals surface area contributed by atoms with Crippen molar-refractivity contribution in [2.24, 2.45) is 0 Å². The van der Waals surface area contributed by atoms with Gasteiger partial charge in [0.25, 0.3) is 0 Å². The highest BCUT2D eigenvalue weighted by atomic mass is 32.2. The number of amides is 1. The standard InChI is InChI=1S/C17H26N2O2S/c1-14(13-22-2)18-17(20)10-16-12-19(8-9-21-16)11-15-6-4-3-5-7-15/h3-7,14,16H,8-13H2,1-2H3,(H,18,20)/t14-,16-/m0/s1. The maximum Gasteiger partial charge on any atom is 0.222 e. The number of nitrogens with one attached hydrogen (secondary N) is 1. The van der Waals surface area contributed by atoms with Crippen LogP contribution in [-0.4, -0.2) is 54.7 Å². The Morgan fingerprint density at radius 3 is 2.95 bits per heavy atom. The topological polar surface area (TPSA) is 41.6 Å². The quantitative estimate of drug-likeness (QED) is 0.835. The highest BCUT2D eigenvalue weighted by molar-refractivity contribution is 7.98. The molecular formula is C17H26N2O2S. The minimum Gasteiger partial charge on any atom is -0.375 e. The van der Waals surface area contributed by atoms with Crippen molar-refractivity contribution < 1.29 is 9.53 Å². The van der Waals surface area contributed by atoms with Crippen LogP contribution in [0.3, 0.4) is 0 Å². The first-order chi connectivity index (χ1) is 10.7. The molecule has 2 atom stereocenters. The van der Waals surface area contributed by atoms with Crippen LogP contribution >= 0.6 is 11.8 Å². The molecule has 5 heteroatoms. The second-order valence-corrected chi connectivity index (χ2v) is 6.75. The fraction of sp³-hybridized carbons (Fsp3) is 0.588. The van der Waals surface area contributed by atoms with Gasteiger partial charge in [0.15, 0.2) is 0 Å². The first-order valence-electron chi connectivity index (χ1n) is 7.83. The van der Waals surface area contributed by atoms with Gasteiger partial charge >= 0.3 is 0 Å². The van der Waals surface area contributed by atoms with Crippen LogP contribution in [-0.2, 0) is 16.1 Å². The summed E-state index contributed by atoms with van der Waals surface area (Å²) in [6, 6.07) is 10.7. The van der Waals surface area contributed by atoms with E-state index < -0.39 is 0 Å². The molecule has 22 heavy (non-hydrogen) atoms. The molecular weight excluding hydrogens is 296 g/mol. The van der Waals surface area contributed by atoms with Crippen LogP contribution in [0.25, 0.3) is 0 Å². The molecule has 0 unspecified atom stereocenters. The van der Waals surface area contributed by atoms with E-state index in [4.69, 9.17) is 4.74 Å². The summed E-state index contributed by atoms with van der Waals surface area (Å²) in [6.07, 6.45) is 2.50. The molecule has 2 rings (SSSR count). The predicted octanol–water partition coefficient (Wildman–Crippen LogP) is 2.15. The molecule has 1 fully saturated rings. The molecule has 1 saturated heterocycles. The maximum atomic E-state index is 12.0. The van der Waals surface area contributed by atoms with E-state index in [1.807, 2.05) is 19.2 Å². The van der Waals surface area contributed by atoms with Crippen LogP contribution in [0.1, 0.15) is 18.9 Å². The van der Waals surface area contributed by atoms with Gasteiger partial charge in [-0.2, -0.15) is 11.8 Å². The molecule has 0 aliphatic carbocycles. The second-order valence-electron chi connectivity index (χ2n) is 5.84. The van der Waals surface area contributed by atoms with Gasteiger partial charge in [-0.05, 0) is 18.7 Å². The summed E-state index contributed by atoms with van der Waals surface area (Å²) >= 11 is 1.75. The third-order valence-corrected chi connectivity index (χ3v) is 4.54. The first-order valence-corrected chi connectivity index (χ1v) is 9.23. The molecule has 1 aromatic carbocycles. The first kappa shape index (κ1) is 17.3. The second kappa shape index (κ2) is 9.18. The third kappa shape index (κ3) is 5.99. The van der Waals surface area contributed by atoms with E-state index in [0.29, 0.717) is 13.0 Å². The summed E-state index contributed by atoms with van der Waals surface area (Å²) in [4.78, 5) is 14.4. The summed E-state index contributed by atoms with van der Waals surface area (Å²) in [6.45, 7) is 5.41. The van der Waals surface area contributed by atoms with Crippen molar-refractivity contribution in [2.75, 3.05) is 31.7 Å². The summed E-state index contributed by atoms with van der Waals surface area (Å²) < 4.78 is 5.75. The molecule has 0 bridgehead atoms. The Morgan fingerprint density at radius 2 is 2.23 bits per heavy atom. The van der Waals surface area contributed by atoms with E-state index in [9.17, 15) is 4.79 Å². The lowest BCUT2D eigenvalue weighted by molar-refractivity contribution is -0.126. The summed E-state index contributed by atoms with van der Waals surface area (Å²) in [5, 5.41) is 3.03. The van der Waals surface area contributed by atoms with Crippen molar-refractivity contribution in [1.82, 2.24) is 10.2 Å². The lowest BCUT2D eigenvalue weighted by Crippen LogP contribution is -2.45. The molecule has 1 amide bonds. The Labute approximate surface area is 137 Å². The molecule has 0 aromatic heterocycles. The summed E-state index contributed by atoms with van der Waals surface area (Å²) in [7, 11) is 0. The average Bonchev–Trinajstić information content (AvgIpc) is 2.48. The molecule has 1 aromatic rings. The average molecular weight is 322 g/mol. The number of nitrogens with zero attached hydrogens (tertiary/aromatic N) is 1. The predicted molar refractivity (Wildman–Crippen MR) is 92.1 cm³/mol. The Balaban J connectivity index is 1.77. The molecule has 4 nitrogen and oxygen atoms in total. The van der Waals surface area contributed by atoms with E-state index in [1.165, 1.54) is 5.56 Å². The molecule has 122 valence electrons. The number of benzene rings is 1. The molecule has 1 aliphatic rings. The zero-order valence-corrected chi connectivity index (χ0v) is 14.3.